The summed E-state index contributed by atoms with van der Waals surface area (Å²) in [5.74, 6) is -1.04. The predicted molar refractivity (Wildman–Crippen MR) is 161 cm³/mol. The number of rotatable bonds is 10. The lowest BCUT2D eigenvalue weighted by Crippen LogP contribution is -2.29. The Morgan fingerprint density at radius 3 is 2.65 bits per heavy atom. The molecule has 1 fully saturated rings. The number of nitrogens with zero attached hydrogens (tertiary/aromatic N) is 2. The Bertz CT molecular complexity index is 1610. The number of Topliss-reactive ketones (excluding diaryl/α,β-unsaturated/α-hetero) is 1. The number of unbranched alkanes of at least 4 members (excludes halogenated alkanes) is 2. The van der Waals surface area contributed by atoms with E-state index in [1.54, 1.807) is 43.3 Å². The first kappa shape index (κ1) is 30.1. The van der Waals surface area contributed by atoms with Gasteiger partial charge < -0.3 is 24.1 Å². The van der Waals surface area contributed by atoms with Crippen LogP contribution in [0.1, 0.15) is 71.2 Å². The molecule has 1 amide bonds. The Kier molecular flexibility index (Phi) is 8.72. The molecule has 2 aliphatic rings. The third-order valence-electron chi connectivity index (χ3n) is 7.48. The summed E-state index contributed by atoms with van der Waals surface area (Å²) in [6.45, 7) is 6.20. The number of amides is 1. The van der Waals surface area contributed by atoms with Crippen LogP contribution in [0.5, 0.6) is 17.2 Å². The number of thiazole rings is 1. The van der Waals surface area contributed by atoms with E-state index in [9.17, 15) is 19.5 Å². The van der Waals surface area contributed by atoms with Crippen molar-refractivity contribution in [3.05, 3.63) is 69.2 Å². The summed E-state index contributed by atoms with van der Waals surface area (Å²) >= 11 is 0.939. The smallest absolute Gasteiger partial charge is 0.350 e. The summed E-state index contributed by atoms with van der Waals surface area (Å²) in [4.78, 5) is 45.6. The SMILES string of the molecule is CCCCCOc1ccc(C2C(=C(O)c3ccc4c(c3)CC(C)O4)C(=O)C(=O)N2c2nc(C)c(C(=O)OC)s2)cc1OC. The minimum absolute atomic E-state index is 0.00898. The molecule has 3 aromatic rings. The number of methoxy groups -OCH3 is 2. The second kappa shape index (κ2) is 12.5. The zero-order valence-corrected chi connectivity index (χ0v) is 25.6. The maximum Gasteiger partial charge on any atom is 0.350 e. The van der Waals surface area contributed by atoms with Crippen molar-refractivity contribution in [3.8, 4) is 17.2 Å². The van der Waals surface area contributed by atoms with Gasteiger partial charge in [0, 0.05) is 12.0 Å². The van der Waals surface area contributed by atoms with Gasteiger partial charge in [-0.05, 0) is 61.7 Å². The molecule has 10 nitrogen and oxygen atoms in total. The number of aliphatic hydroxyl groups is 1. The summed E-state index contributed by atoms with van der Waals surface area (Å²) in [7, 11) is 2.77. The van der Waals surface area contributed by atoms with Crippen LogP contribution in [0, 0.1) is 6.92 Å². The molecule has 2 aromatic carbocycles. The summed E-state index contributed by atoms with van der Waals surface area (Å²) in [5.41, 5.74) is 2.01. The standard InChI is InChI=1S/C32H34N2O8S/c1-6-7-8-13-41-23-12-9-19(16-24(23)39-4)26-25(27(35)20-10-11-22-21(15-20)14-17(2)42-22)28(36)30(37)34(26)32-33-18(3)29(43-32)31(38)40-5/h9-12,15-17,26,35H,6-8,13-14H2,1-5H3. The van der Waals surface area contributed by atoms with E-state index in [0.717, 1.165) is 36.2 Å². The maximum atomic E-state index is 13.7. The third-order valence-corrected chi connectivity index (χ3v) is 8.62. The highest BCUT2D eigenvalue weighted by atomic mass is 32.1. The van der Waals surface area contributed by atoms with E-state index in [2.05, 4.69) is 11.9 Å². The van der Waals surface area contributed by atoms with Crippen molar-refractivity contribution in [3.63, 3.8) is 0 Å². The number of ether oxygens (including phenoxy) is 4. The molecule has 2 aliphatic heterocycles. The van der Waals surface area contributed by atoms with Crippen LogP contribution in [-0.2, 0) is 20.7 Å². The molecule has 0 radical (unpaired) electrons. The number of benzene rings is 2. The molecule has 0 spiro atoms. The zero-order valence-electron chi connectivity index (χ0n) is 24.8. The highest BCUT2D eigenvalue weighted by molar-refractivity contribution is 7.17. The van der Waals surface area contributed by atoms with Crippen LogP contribution in [0.3, 0.4) is 0 Å². The topological polar surface area (TPSA) is 124 Å². The van der Waals surface area contributed by atoms with Gasteiger partial charge in [0.25, 0.3) is 5.78 Å². The predicted octanol–water partition coefficient (Wildman–Crippen LogP) is 5.77. The fraction of sp³-hybridized carbons (Fsp3) is 0.375. The Morgan fingerprint density at radius 2 is 1.93 bits per heavy atom. The summed E-state index contributed by atoms with van der Waals surface area (Å²) in [5, 5.41) is 11.8. The minimum atomic E-state index is -1.07. The Balaban J connectivity index is 1.64. The largest absolute Gasteiger partial charge is 0.507 e. The first-order valence-corrected chi connectivity index (χ1v) is 15.0. The molecular weight excluding hydrogens is 572 g/mol. The van der Waals surface area contributed by atoms with Crippen LogP contribution >= 0.6 is 11.3 Å². The van der Waals surface area contributed by atoms with Crippen molar-refractivity contribution in [2.45, 2.75) is 58.6 Å². The fourth-order valence-electron chi connectivity index (χ4n) is 5.35. The van der Waals surface area contributed by atoms with E-state index in [0.29, 0.717) is 47.1 Å². The van der Waals surface area contributed by atoms with E-state index in [4.69, 9.17) is 18.9 Å². The zero-order chi connectivity index (χ0) is 30.8. The second-order valence-corrected chi connectivity index (χ2v) is 11.5. The number of ketones is 1. The molecule has 43 heavy (non-hydrogen) atoms. The minimum Gasteiger partial charge on any atom is -0.507 e. The number of carbonyl (C=O) groups is 3. The van der Waals surface area contributed by atoms with Crippen molar-refractivity contribution < 1.29 is 38.4 Å². The molecule has 11 heteroatoms. The Hall–Kier alpha value is -4.38. The molecule has 1 aromatic heterocycles. The van der Waals surface area contributed by atoms with Gasteiger partial charge in [0.2, 0.25) is 0 Å². The molecule has 0 bridgehead atoms. The molecular formula is C32H34N2O8S. The lowest BCUT2D eigenvalue weighted by atomic mass is 9.94. The third kappa shape index (κ3) is 5.69. The molecule has 1 saturated heterocycles. The van der Waals surface area contributed by atoms with Crippen molar-refractivity contribution >= 4 is 39.9 Å². The van der Waals surface area contributed by atoms with Crippen molar-refractivity contribution in [2.24, 2.45) is 0 Å². The Labute approximate surface area is 253 Å². The van der Waals surface area contributed by atoms with Gasteiger partial charge in [0.15, 0.2) is 16.6 Å². The lowest BCUT2D eigenvalue weighted by Gasteiger charge is -2.24. The summed E-state index contributed by atoms with van der Waals surface area (Å²) < 4.78 is 22.2. The Morgan fingerprint density at radius 1 is 1.14 bits per heavy atom. The normalized spacial score (nSPS) is 18.9. The van der Waals surface area contributed by atoms with Gasteiger partial charge in [-0.1, -0.05) is 37.2 Å². The van der Waals surface area contributed by atoms with E-state index >= 15 is 0 Å². The van der Waals surface area contributed by atoms with Crippen LogP contribution in [0.2, 0.25) is 0 Å². The van der Waals surface area contributed by atoms with Crippen LogP contribution in [0.25, 0.3) is 5.76 Å². The van der Waals surface area contributed by atoms with Gasteiger partial charge in [-0.3, -0.25) is 14.5 Å². The maximum absolute atomic E-state index is 13.7. The number of hydrogen-bond acceptors (Lipinski definition) is 10. The molecule has 3 heterocycles. The number of anilines is 1. The number of carbonyl (C=O) groups excluding carboxylic acids is 3. The van der Waals surface area contributed by atoms with Gasteiger partial charge in [0.1, 0.15) is 22.5 Å². The number of hydrogen-bond donors (Lipinski definition) is 1. The molecule has 2 unspecified atom stereocenters. The van der Waals surface area contributed by atoms with Crippen LogP contribution in [-0.4, -0.2) is 54.7 Å². The van der Waals surface area contributed by atoms with Crippen LogP contribution < -0.4 is 19.1 Å². The van der Waals surface area contributed by atoms with Crippen molar-refractivity contribution in [1.82, 2.24) is 4.98 Å². The quantitative estimate of drug-likeness (QED) is 0.101. The number of aryl methyl sites for hydroxylation is 1. The molecule has 0 saturated carbocycles. The summed E-state index contributed by atoms with van der Waals surface area (Å²) in [6, 6.07) is 9.26. The van der Waals surface area contributed by atoms with E-state index in [1.807, 2.05) is 6.92 Å². The number of esters is 1. The van der Waals surface area contributed by atoms with E-state index in [-0.39, 0.29) is 27.4 Å². The molecule has 2 atom stereocenters. The molecule has 0 aliphatic carbocycles. The van der Waals surface area contributed by atoms with Gasteiger partial charge in [0.05, 0.1) is 38.1 Å². The van der Waals surface area contributed by atoms with Crippen LogP contribution in [0.15, 0.2) is 42.0 Å². The second-order valence-electron chi connectivity index (χ2n) is 10.5. The van der Waals surface area contributed by atoms with E-state index < -0.39 is 23.7 Å². The van der Waals surface area contributed by atoms with Gasteiger partial charge >= 0.3 is 11.9 Å². The number of fused-ring (bicyclic) bond motifs is 1. The average molecular weight is 607 g/mol. The number of aromatic nitrogens is 1. The number of aliphatic hydroxyl groups excluding tert-OH is 1. The highest BCUT2D eigenvalue weighted by Gasteiger charge is 2.48. The van der Waals surface area contributed by atoms with Crippen LogP contribution in [0.4, 0.5) is 5.13 Å². The van der Waals surface area contributed by atoms with Gasteiger partial charge in [-0.2, -0.15) is 0 Å². The van der Waals surface area contributed by atoms with Crippen molar-refractivity contribution in [1.29, 1.82) is 0 Å². The highest BCUT2D eigenvalue weighted by Crippen LogP contribution is 2.46. The average Bonchev–Trinajstić information content (AvgIpc) is 3.65. The van der Waals surface area contributed by atoms with Crippen molar-refractivity contribution in [2.75, 3.05) is 25.7 Å². The van der Waals surface area contributed by atoms with Gasteiger partial charge in [-0.25, -0.2) is 9.78 Å². The van der Waals surface area contributed by atoms with E-state index in [1.165, 1.54) is 19.1 Å². The monoisotopic (exact) mass is 606 g/mol. The summed E-state index contributed by atoms with van der Waals surface area (Å²) in [6.07, 6.45) is 3.62. The first-order chi connectivity index (χ1) is 20.7. The lowest BCUT2D eigenvalue weighted by molar-refractivity contribution is -0.132. The molecule has 5 rings (SSSR count). The fourth-order valence-corrected chi connectivity index (χ4v) is 6.36. The molecule has 226 valence electrons. The van der Waals surface area contributed by atoms with Gasteiger partial charge in [-0.15, -0.1) is 0 Å². The first-order valence-electron chi connectivity index (χ1n) is 14.2. The molecule has 1 N–H and O–H groups in total.